The normalized spacial score (nSPS) is 21.3. The van der Waals surface area contributed by atoms with Crippen LogP contribution in [0.25, 0.3) is 0 Å². The number of benzene rings is 1. The first-order valence-corrected chi connectivity index (χ1v) is 11.0. The Balaban J connectivity index is 1.30. The number of piperidine rings is 1. The molecule has 2 saturated heterocycles. The van der Waals surface area contributed by atoms with Crippen molar-refractivity contribution < 1.29 is 9.13 Å². The van der Waals surface area contributed by atoms with E-state index in [1.165, 1.54) is 31.4 Å². The van der Waals surface area contributed by atoms with Gasteiger partial charge in [0.25, 0.3) is 0 Å². The van der Waals surface area contributed by atoms with E-state index >= 15 is 0 Å². The third kappa shape index (κ3) is 5.87. The maximum atomic E-state index is 13.9. The molecule has 29 heavy (non-hydrogen) atoms. The number of imidazole rings is 1. The molecule has 2 aromatic rings. The van der Waals surface area contributed by atoms with Gasteiger partial charge in [-0.2, -0.15) is 0 Å². The fraction of sp³-hybridized carbons (Fsp3) is 0.609. The third-order valence-corrected chi connectivity index (χ3v) is 6.21. The number of aryl methyl sites for hydroxylation is 1. The Bertz CT molecular complexity index is 766. The topological polar surface area (TPSA) is 44.4 Å². The van der Waals surface area contributed by atoms with E-state index in [2.05, 4.69) is 19.8 Å². The van der Waals surface area contributed by atoms with Crippen molar-refractivity contribution in [2.24, 2.45) is 5.92 Å². The van der Waals surface area contributed by atoms with Gasteiger partial charge in [-0.25, -0.2) is 9.37 Å². The SMILES string of the molecule is Cc1ncc(CN(CC2CCN(Cc3ccccc3F)CC2)C[C@@H]2CCCO2)[nH]1. The number of aromatic nitrogens is 2. The van der Waals surface area contributed by atoms with Gasteiger partial charge in [0, 0.05) is 50.2 Å². The van der Waals surface area contributed by atoms with Crippen LogP contribution < -0.4 is 0 Å². The second kappa shape index (κ2) is 9.83. The molecule has 6 heteroatoms. The molecule has 0 aliphatic carbocycles. The van der Waals surface area contributed by atoms with Gasteiger partial charge < -0.3 is 9.72 Å². The van der Waals surface area contributed by atoms with Crippen LogP contribution in [0.2, 0.25) is 0 Å². The molecule has 0 spiro atoms. The molecule has 0 radical (unpaired) electrons. The van der Waals surface area contributed by atoms with Crippen molar-refractivity contribution in [3.05, 3.63) is 53.4 Å². The zero-order chi connectivity index (χ0) is 20.1. The van der Waals surface area contributed by atoms with Crippen molar-refractivity contribution >= 4 is 0 Å². The van der Waals surface area contributed by atoms with E-state index in [4.69, 9.17) is 4.74 Å². The highest BCUT2D eigenvalue weighted by molar-refractivity contribution is 5.17. The van der Waals surface area contributed by atoms with E-state index in [-0.39, 0.29) is 5.82 Å². The molecule has 0 unspecified atom stereocenters. The van der Waals surface area contributed by atoms with E-state index in [1.807, 2.05) is 25.3 Å². The molecule has 2 aliphatic rings. The van der Waals surface area contributed by atoms with Crippen molar-refractivity contribution in [3.8, 4) is 0 Å². The quantitative estimate of drug-likeness (QED) is 0.733. The molecule has 1 aromatic heterocycles. The Hall–Kier alpha value is -1.76. The highest BCUT2D eigenvalue weighted by Gasteiger charge is 2.25. The highest BCUT2D eigenvalue weighted by Crippen LogP contribution is 2.23. The summed E-state index contributed by atoms with van der Waals surface area (Å²) in [5.41, 5.74) is 1.98. The molecule has 1 N–H and O–H groups in total. The van der Waals surface area contributed by atoms with Gasteiger partial charge in [-0.1, -0.05) is 18.2 Å². The first-order valence-electron chi connectivity index (χ1n) is 11.0. The summed E-state index contributed by atoms with van der Waals surface area (Å²) in [7, 11) is 0. The fourth-order valence-corrected chi connectivity index (χ4v) is 4.63. The molecule has 1 aromatic carbocycles. The molecule has 0 bridgehead atoms. The van der Waals surface area contributed by atoms with Gasteiger partial charge >= 0.3 is 0 Å². The molecule has 2 fully saturated rings. The Morgan fingerprint density at radius 1 is 1.21 bits per heavy atom. The van der Waals surface area contributed by atoms with Gasteiger partial charge in [0.05, 0.1) is 6.10 Å². The predicted octanol–water partition coefficient (Wildman–Crippen LogP) is 3.75. The minimum Gasteiger partial charge on any atom is -0.377 e. The molecule has 158 valence electrons. The van der Waals surface area contributed by atoms with E-state index in [1.54, 1.807) is 12.1 Å². The molecule has 2 aliphatic heterocycles. The molecule has 4 rings (SSSR count). The summed E-state index contributed by atoms with van der Waals surface area (Å²) in [6, 6.07) is 7.14. The number of nitrogens with zero attached hydrogens (tertiary/aromatic N) is 3. The molecular weight excluding hydrogens is 367 g/mol. The largest absolute Gasteiger partial charge is 0.377 e. The summed E-state index contributed by atoms with van der Waals surface area (Å²) in [5, 5.41) is 0. The van der Waals surface area contributed by atoms with Crippen LogP contribution in [0.3, 0.4) is 0 Å². The van der Waals surface area contributed by atoms with Crippen molar-refractivity contribution in [3.63, 3.8) is 0 Å². The minimum absolute atomic E-state index is 0.0905. The predicted molar refractivity (Wildman–Crippen MR) is 112 cm³/mol. The third-order valence-electron chi connectivity index (χ3n) is 6.21. The van der Waals surface area contributed by atoms with Crippen molar-refractivity contribution in [1.82, 2.24) is 19.8 Å². The zero-order valence-corrected chi connectivity index (χ0v) is 17.4. The Labute approximate surface area is 173 Å². The number of rotatable bonds is 8. The van der Waals surface area contributed by atoms with Crippen LogP contribution in [0.1, 0.15) is 42.8 Å². The van der Waals surface area contributed by atoms with Gasteiger partial charge in [-0.05, 0) is 57.7 Å². The summed E-state index contributed by atoms with van der Waals surface area (Å²) in [4.78, 5) is 12.7. The van der Waals surface area contributed by atoms with E-state index in [9.17, 15) is 4.39 Å². The number of H-pyrrole nitrogens is 1. The Kier molecular flexibility index (Phi) is 6.95. The number of likely N-dealkylation sites (tertiary alicyclic amines) is 1. The average molecular weight is 401 g/mol. The Morgan fingerprint density at radius 2 is 2.03 bits per heavy atom. The van der Waals surface area contributed by atoms with Gasteiger partial charge in [0.2, 0.25) is 0 Å². The minimum atomic E-state index is -0.0905. The van der Waals surface area contributed by atoms with Gasteiger partial charge in [-0.3, -0.25) is 9.80 Å². The van der Waals surface area contributed by atoms with Crippen LogP contribution in [0.4, 0.5) is 4.39 Å². The van der Waals surface area contributed by atoms with Crippen molar-refractivity contribution in [1.29, 1.82) is 0 Å². The molecule has 0 amide bonds. The number of hydrogen-bond acceptors (Lipinski definition) is 4. The van der Waals surface area contributed by atoms with Crippen molar-refractivity contribution in [2.75, 3.05) is 32.8 Å². The van der Waals surface area contributed by atoms with E-state index in [0.717, 1.165) is 50.7 Å². The maximum Gasteiger partial charge on any atom is 0.127 e. The Morgan fingerprint density at radius 3 is 2.72 bits per heavy atom. The summed E-state index contributed by atoms with van der Waals surface area (Å²) < 4.78 is 19.8. The number of halogens is 1. The summed E-state index contributed by atoms with van der Waals surface area (Å²) in [6.45, 7) is 8.67. The molecule has 5 nitrogen and oxygen atoms in total. The second-order valence-electron chi connectivity index (χ2n) is 8.63. The first-order chi connectivity index (χ1) is 14.2. The smallest absolute Gasteiger partial charge is 0.127 e. The number of nitrogens with one attached hydrogen (secondary N) is 1. The van der Waals surface area contributed by atoms with Gasteiger partial charge in [0.15, 0.2) is 0 Å². The second-order valence-corrected chi connectivity index (χ2v) is 8.63. The lowest BCUT2D eigenvalue weighted by Crippen LogP contribution is -2.40. The van der Waals surface area contributed by atoms with Crippen LogP contribution >= 0.6 is 0 Å². The zero-order valence-electron chi connectivity index (χ0n) is 17.4. The number of aromatic amines is 1. The van der Waals surface area contributed by atoms with E-state index in [0.29, 0.717) is 18.6 Å². The molecule has 3 heterocycles. The molecular formula is C23H33FN4O. The lowest BCUT2D eigenvalue weighted by molar-refractivity contribution is 0.0565. The van der Waals surface area contributed by atoms with Crippen molar-refractivity contribution in [2.45, 2.75) is 51.8 Å². The lowest BCUT2D eigenvalue weighted by Gasteiger charge is -2.35. The van der Waals surface area contributed by atoms with Crippen LogP contribution in [0.15, 0.2) is 30.5 Å². The van der Waals surface area contributed by atoms with Crippen LogP contribution in [-0.4, -0.2) is 58.7 Å². The summed E-state index contributed by atoms with van der Waals surface area (Å²) in [5.74, 6) is 1.56. The summed E-state index contributed by atoms with van der Waals surface area (Å²) >= 11 is 0. The molecule has 0 saturated carbocycles. The fourth-order valence-electron chi connectivity index (χ4n) is 4.63. The van der Waals surface area contributed by atoms with Crippen LogP contribution in [0.5, 0.6) is 0 Å². The number of hydrogen-bond donors (Lipinski definition) is 1. The number of ether oxygens (including phenoxy) is 1. The highest BCUT2D eigenvalue weighted by atomic mass is 19.1. The standard InChI is InChI=1S/C23H33FN4O/c1-18-25-13-21(26-18)16-28(17-22-6-4-12-29-22)14-19-8-10-27(11-9-19)15-20-5-2-3-7-23(20)24/h2-3,5,7,13,19,22H,4,6,8-12,14-17H2,1H3,(H,25,26)/t22-/m0/s1. The monoisotopic (exact) mass is 400 g/mol. The van der Waals surface area contributed by atoms with Crippen LogP contribution in [-0.2, 0) is 17.8 Å². The van der Waals surface area contributed by atoms with Gasteiger partial charge in [0.1, 0.15) is 11.6 Å². The summed E-state index contributed by atoms with van der Waals surface area (Å²) in [6.07, 6.45) is 6.99. The lowest BCUT2D eigenvalue weighted by atomic mass is 9.95. The maximum absolute atomic E-state index is 13.9. The average Bonchev–Trinajstić information content (AvgIpc) is 3.37. The van der Waals surface area contributed by atoms with Crippen LogP contribution in [0, 0.1) is 18.7 Å². The molecule has 1 atom stereocenters. The van der Waals surface area contributed by atoms with Gasteiger partial charge in [-0.15, -0.1) is 0 Å². The first kappa shape index (κ1) is 20.5. The van der Waals surface area contributed by atoms with E-state index < -0.39 is 0 Å².